The van der Waals surface area contributed by atoms with Crippen LogP contribution in [-0.4, -0.2) is 41.2 Å². The number of hydrogen-bond acceptors (Lipinski definition) is 8. The van der Waals surface area contributed by atoms with Gasteiger partial charge in [0, 0.05) is 37.0 Å². The minimum atomic E-state index is -3.88. The van der Waals surface area contributed by atoms with E-state index < -0.39 is 10.0 Å². The summed E-state index contributed by atoms with van der Waals surface area (Å²) in [6.45, 7) is 1.43. The molecule has 0 bridgehead atoms. The molecule has 31 heavy (non-hydrogen) atoms. The van der Waals surface area contributed by atoms with Crippen LogP contribution in [0, 0.1) is 0 Å². The maximum Gasteiger partial charge on any atom is 0.267 e. The third-order valence-electron chi connectivity index (χ3n) is 4.49. The van der Waals surface area contributed by atoms with Gasteiger partial charge in [-0.15, -0.1) is 0 Å². The number of anilines is 2. The quantitative estimate of drug-likeness (QED) is 0.566. The predicted octanol–water partition coefficient (Wildman–Crippen LogP) is 3.69. The van der Waals surface area contributed by atoms with Gasteiger partial charge in [0.15, 0.2) is 5.13 Å². The number of rotatable bonds is 5. The number of allylic oxidation sites excluding steroid dienone is 4. The number of carbonyl (C=O) groups excluding carboxylic acids is 1. The van der Waals surface area contributed by atoms with Crippen LogP contribution in [0.2, 0.25) is 0 Å². The number of benzene rings is 1. The largest absolute Gasteiger partial charge is 0.302 e. The molecule has 1 aromatic carbocycles. The van der Waals surface area contributed by atoms with Gasteiger partial charge in [-0.25, -0.2) is 27.7 Å². The van der Waals surface area contributed by atoms with Gasteiger partial charge >= 0.3 is 0 Å². The first-order chi connectivity index (χ1) is 14.8. The summed E-state index contributed by atoms with van der Waals surface area (Å²) < 4.78 is 28.0. The van der Waals surface area contributed by atoms with Crippen molar-refractivity contribution in [2.75, 3.05) is 16.7 Å². The highest BCUT2D eigenvalue weighted by Gasteiger charge is 2.29. The first-order valence-corrected chi connectivity index (χ1v) is 11.8. The fourth-order valence-electron chi connectivity index (χ4n) is 2.96. The Labute approximate surface area is 188 Å². The number of thiazole rings is 1. The maximum atomic E-state index is 13.0. The number of thiocarbonyl (C=S) groups is 1. The second-order valence-corrected chi connectivity index (χ2v) is 10.1. The summed E-state index contributed by atoms with van der Waals surface area (Å²) in [7, 11) is -2.47. The average molecular weight is 472 g/mol. The van der Waals surface area contributed by atoms with Crippen molar-refractivity contribution >= 4 is 65.6 Å². The van der Waals surface area contributed by atoms with Crippen LogP contribution in [0.1, 0.15) is 13.3 Å². The second kappa shape index (κ2) is 8.25. The lowest BCUT2D eigenvalue weighted by Crippen LogP contribution is -2.32. The Balaban J connectivity index is 1.68. The SMILES string of the molecule is CC(=O)Nc1nc2ccc(-c3ccnc(N(C)S(=O)(=O)C4=CC=CCC4=S)n3)cc2s1. The third-order valence-corrected chi connectivity index (χ3v) is 7.76. The van der Waals surface area contributed by atoms with Crippen LogP contribution in [-0.2, 0) is 14.8 Å². The normalized spacial score (nSPS) is 13.9. The van der Waals surface area contributed by atoms with Crippen molar-refractivity contribution in [2.45, 2.75) is 13.3 Å². The number of aromatic nitrogens is 3. The lowest BCUT2D eigenvalue weighted by molar-refractivity contribution is -0.114. The highest BCUT2D eigenvalue weighted by Crippen LogP contribution is 2.31. The van der Waals surface area contributed by atoms with Gasteiger partial charge in [0.2, 0.25) is 11.9 Å². The Hall–Kier alpha value is -3.02. The number of amides is 1. The van der Waals surface area contributed by atoms with E-state index in [9.17, 15) is 13.2 Å². The summed E-state index contributed by atoms with van der Waals surface area (Å²) in [5, 5.41) is 3.19. The van der Waals surface area contributed by atoms with E-state index in [-0.39, 0.29) is 16.8 Å². The van der Waals surface area contributed by atoms with Gasteiger partial charge in [0.1, 0.15) is 4.91 Å². The van der Waals surface area contributed by atoms with Crippen molar-refractivity contribution in [1.29, 1.82) is 0 Å². The number of nitrogens with zero attached hydrogens (tertiary/aromatic N) is 4. The van der Waals surface area contributed by atoms with Gasteiger partial charge in [0.05, 0.1) is 15.9 Å². The molecular formula is C20H17N5O3S3. The first kappa shape index (κ1) is 21.2. The molecule has 2 heterocycles. The molecule has 158 valence electrons. The Morgan fingerprint density at radius 3 is 2.81 bits per heavy atom. The standard InChI is InChI=1S/C20H17N5O3S3/c1-12(26)22-20-24-15-8-7-13(11-17(15)30-20)14-9-10-21-19(23-14)25(2)31(27,28)18-6-4-3-5-16(18)29/h3-4,6-11H,5H2,1-2H3,(H,22,24,26). The fourth-order valence-corrected chi connectivity index (χ4v) is 5.61. The Morgan fingerprint density at radius 1 is 1.26 bits per heavy atom. The second-order valence-electron chi connectivity index (χ2n) is 6.68. The first-order valence-electron chi connectivity index (χ1n) is 9.16. The highest BCUT2D eigenvalue weighted by atomic mass is 32.2. The third kappa shape index (κ3) is 4.24. The van der Waals surface area contributed by atoms with Crippen LogP contribution in [0.5, 0.6) is 0 Å². The van der Waals surface area contributed by atoms with Gasteiger partial charge in [0.25, 0.3) is 10.0 Å². The van der Waals surface area contributed by atoms with Crippen LogP contribution in [0.25, 0.3) is 21.5 Å². The maximum absolute atomic E-state index is 13.0. The van der Waals surface area contributed by atoms with Crippen molar-refractivity contribution in [3.05, 3.63) is 53.6 Å². The lowest BCUT2D eigenvalue weighted by Gasteiger charge is -2.20. The van der Waals surface area contributed by atoms with Crippen LogP contribution in [0.4, 0.5) is 11.1 Å². The minimum Gasteiger partial charge on any atom is -0.302 e. The molecule has 1 N–H and O–H groups in total. The van der Waals surface area contributed by atoms with Crippen molar-refractivity contribution < 1.29 is 13.2 Å². The van der Waals surface area contributed by atoms with E-state index in [1.807, 2.05) is 24.3 Å². The minimum absolute atomic E-state index is 0.0408. The Morgan fingerprint density at radius 2 is 2.06 bits per heavy atom. The smallest absolute Gasteiger partial charge is 0.267 e. The summed E-state index contributed by atoms with van der Waals surface area (Å²) in [6, 6.07) is 7.26. The average Bonchev–Trinajstić information content (AvgIpc) is 3.14. The molecule has 0 radical (unpaired) electrons. The molecule has 0 saturated heterocycles. The molecule has 0 fully saturated rings. The number of sulfonamides is 1. The molecule has 0 spiro atoms. The summed E-state index contributed by atoms with van der Waals surface area (Å²) in [4.78, 5) is 24.7. The van der Waals surface area contributed by atoms with E-state index in [1.54, 1.807) is 12.1 Å². The summed E-state index contributed by atoms with van der Waals surface area (Å²) in [5.41, 5.74) is 2.08. The van der Waals surface area contributed by atoms with E-state index in [0.717, 1.165) is 20.1 Å². The van der Waals surface area contributed by atoms with E-state index in [1.165, 1.54) is 37.6 Å². The van der Waals surface area contributed by atoms with Crippen molar-refractivity contribution in [3.63, 3.8) is 0 Å². The Kier molecular flexibility index (Phi) is 5.65. The number of fused-ring (bicyclic) bond motifs is 1. The summed E-state index contributed by atoms with van der Waals surface area (Å²) in [6.07, 6.45) is 6.89. The molecule has 1 aliphatic carbocycles. The molecule has 8 nitrogen and oxygen atoms in total. The van der Waals surface area contributed by atoms with Crippen LogP contribution >= 0.6 is 23.6 Å². The van der Waals surface area contributed by atoms with Gasteiger partial charge in [-0.3, -0.25) is 4.79 Å². The highest BCUT2D eigenvalue weighted by molar-refractivity contribution is 7.99. The topological polar surface area (TPSA) is 105 Å². The van der Waals surface area contributed by atoms with Crippen LogP contribution < -0.4 is 9.62 Å². The van der Waals surface area contributed by atoms with Crippen molar-refractivity contribution in [2.24, 2.45) is 0 Å². The number of nitrogens with one attached hydrogen (secondary N) is 1. The zero-order valence-electron chi connectivity index (χ0n) is 16.6. The molecule has 0 aliphatic heterocycles. The monoisotopic (exact) mass is 471 g/mol. The molecule has 0 saturated carbocycles. The van der Waals surface area contributed by atoms with Crippen LogP contribution in [0.15, 0.2) is 53.6 Å². The molecule has 4 rings (SSSR count). The summed E-state index contributed by atoms with van der Waals surface area (Å²) >= 11 is 6.57. The van der Waals surface area contributed by atoms with E-state index in [0.29, 0.717) is 22.1 Å². The molecule has 0 atom stereocenters. The fraction of sp³-hybridized carbons (Fsp3) is 0.150. The zero-order valence-corrected chi connectivity index (χ0v) is 19.0. The molecule has 0 unspecified atom stereocenters. The van der Waals surface area contributed by atoms with Gasteiger partial charge in [-0.2, -0.15) is 0 Å². The molecule has 3 aromatic rings. The van der Waals surface area contributed by atoms with Gasteiger partial charge in [-0.1, -0.05) is 41.8 Å². The van der Waals surface area contributed by atoms with Crippen molar-refractivity contribution in [3.8, 4) is 11.3 Å². The van der Waals surface area contributed by atoms with E-state index in [2.05, 4.69) is 20.3 Å². The molecule has 1 aliphatic rings. The number of hydrogen-bond donors (Lipinski definition) is 1. The zero-order chi connectivity index (χ0) is 22.2. The molecular weight excluding hydrogens is 454 g/mol. The lowest BCUT2D eigenvalue weighted by atomic mass is 10.1. The molecule has 2 aromatic heterocycles. The van der Waals surface area contributed by atoms with Crippen molar-refractivity contribution in [1.82, 2.24) is 15.0 Å². The molecule has 1 amide bonds. The summed E-state index contributed by atoms with van der Waals surface area (Å²) in [5.74, 6) is -0.147. The van der Waals surface area contributed by atoms with Gasteiger partial charge in [-0.05, 0) is 24.3 Å². The van der Waals surface area contributed by atoms with Crippen LogP contribution in [0.3, 0.4) is 0 Å². The Bertz CT molecular complexity index is 1380. The van der Waals surface area contributed by atoms with E-state index >= 15 is 0 Å². The predicted molar refractivity (Wildman–Crippen MR) is 127 cm³/mol. The van der Waals surface area contributed by atoms with Gasteiger partial charge < -0.3 is 5.32 Å². The van der Waals surface area contributed by atoms with E-state index in [4.69, 9.17) is 12.2 Å². The molecule has 11 heteroatoms. The number of carbonyl (C=O) groups is 1.